The molecule has 25 heavy (non-hydrogen) atoms. The SMILES string of the molecule is Cc1cc(C(C)(C)C)cc(C)c1-c1nc2cc(C(C)(C)C)ccc2[nH]1. The van der Waals surface area contributed by atoms with Crippen LogP contribution in [0.2, 0.25) is 0 Å². The van der Waals surface area contributed by atoms with Gasteiger partial charge in [0.1, 0.15) is 5.82 Å². The fourth-order valence-electron chi connectivity index (χ4n) is 3.36. The lowest BCUT2D eigenvalue weighted by atomic mass is 9.83. The van der Waals surface area contributed by atoms with Crippen LogP contribution >= 0.6 is 0 Å². The van der Waals surface area contributed by atoms with E-state index >= 15 is 0 Å². The van der Waals surface area contributed by atoms with Gasteiger partial charge in [-0.05, 0) is 59.1 Å². The third-order valence-electron chi connectivity index (χ3n) is 4.98. The Labute approximate surface area is 151 Å². The van der Waals surface area contributed by atoms with Crippen molar-refractivity contribution in [2.45, 2.75) is 66.2 Å². The number of aromatic amines is 1. The third kappa shape index (κ3) is 3.35. The highest BCUT2D eigenvalue weighted by Crippen LogP contribution is 2.33. The van der Waals surface area contributed by atoms with Crippen LogP contribution in [0, 0.1) is 13.8 Å². The van der Waals surface area contributed by atoms with E-state index in [9.17, 15) is 0 Å². The lowest BCUT2D eigenvalue weighted by molar-refractivity contribution is 0.589. The summed E-state index contributed by atoms with van der Waals surface area (Å²) in [7, 11) is 0. The molecule has 0 saturated heterocycles. The van der Waals surface area contributed by atoms with E-state index in [-0.39, 0.29) is 10.8 Å². The lowest BCUT2D eigenvalue weighted by Gasteiger charge is -2.22. The van der Waals surface area contributed by atoms with E-state index in [0.717, 1.165) is 16.9 Å². The van der Waals surface area contributed by atoms with Crippen LogP contribution < -0.4 is 0 Å². The Morgan fingerprint density at radius 3 is 1.84 bits per heavy atom. The van der Waals surface area contributed by atoms with Crippen molar-refractivity contribution in [3.8, 4) is 11.4 Å². The Morgan fingerprint density at radius 2 is 1.32 bits per heavy atom. The van der Waals surface area contributed by atoms with E-state index < -0.39 is 0 Å². The second kappa shape index (κ2) is 5.72. The van der Waals surface area contributed by atoms with Gasteiger partial charge in [0.15, 0.2) is 0 Å². The maximum Gasteiger partial charge on any atom is 0.139 e. The molecule has 0 aliphatic rings. The Kier molecular flexibility index (Phi) is 4.06. The quantitative estimate of drug-likeness (QED) is 0.545. The van der Waals surface area contributed by atoms with Crippen molar-refractivity contribution in [1.29, 1.82) is 0 Å². The van der Waals surface area contributed by atoms with Gasteiger partial charge in [-0.15, -0.1) is 0 Å². The van der Waals surface area contributed by atoms with Gasteiger partial charge in [-0.2, -0.15) is 0 Å². The van der Waals surface area contributed by atoms with Gasteiger partial charge in [-0.25, -0.2) is 4.98 Å². The van der Waals surface area contributed by atoms with E-state index in [1.54, 1.807) is 0 Å². The molecule has 0 spiro atoms. The average Bonchev–Trinajstić information content (AvgIpc) is 2.86. The van der Waals surface area contributed by atoms with Gasteiger partial charge in [-0.1, -0.05) is 59.7 Å². The molecule has 0 aliphatic heterocycles. The predicted octanol–water partition coefficient (Wildman–Crippen LogP) is 6.44. The van der Waals surface area contributed by atoms with E-state index in [1.165, 1.54) is 27.8 Å². The minimum Gasteiger partial charge on any atom is -0.338 e. The van der Waals surface area contributed by atoms with Crippen molar-refractivity contribution >= 4 is 11.0 Å². The Balaban J connectivity index is 2.14. The minimum absolute atomic E-state index is 0.132. The Bertz CT molecular complexity index is 908. The molecular weight excluding hydrogens is 304 g/mol. The first-order chi connectivity index (χ1) is 11.5. The van der Waals surface area contributed by atoms with Gasteiger partial charge in [-0.3, -0.25) is 0 Å². The molecular formula is C23H30N2. The van der Waals surface area contributed by atoms with E-state index in [0.29, 0.717) is 0 Å². The molecule has 2 aromatic carbocycles. The van der Waals surface area contributed by atoms with Gasteiger partial charge in [0.2, 0.25) is 0 Å². The number of H-pyrrole nitrogens is 1. The Hall–Kier alpha value is -2.09. The highest BCUT2D eigenvalue weighted by molar-refractivity contribution is 5.81. The van der Waals surface area contributed by atoms with Gasteiger partial charge < -0.3 is 4.98 Å². The van der Waals surface area contributed by atoms with Crippen molar-refractivity contribution in [2.24, 2.45) is 0 Å². The molecule has 1 N–H and O–H groups in total. The van der Waals surface area contributed by atoms with Crippen LogP contribution in [0.1, 0.15) is 63.8 Å². The number of aromatic nitrogens is 2. The number of fused-ring (bicyclic) bond motifs is 1. The first-order valence-electron chi connectivity index (χ1n) is 9.09. The zero-order valence-corrected chi connectivity index (χ0v) is 16.8. The molecule has 132 valence electrons. The fraction of sp³-hybridized carbons (Fsp3) is 0.435. The number of aryl methyl sites for hydroxylation is 2. The van der Waals surface area contributed by atoms with E-state index in [4.69, 9.17) is 4.98 Å². The summed E-state index contributed by atoms with van der Waals surface area (Å²) in [5, 5.41) is 0. The maximum atomic E-state index is 4.92. The molecule has 0 atom stereocenters. The fourth-order valence-corrected chi connectivity index (χ4v) is 3.36. The summed E-state index contributed by atoms with van der Waals surface area (Å²) in [5.41, 5.74) is 8.90. The molecule has 0 bridgehead atoms. The number of hydrogen-bond acceptors (Lipinski definition) is 1. The number of hydrogen-bond donors (Lipinski definition) is 1. The lowest BCUT2D eigenvalue weighted by Crippen LogP contribution is -2.12. The summed E-state index contributed by atoms with van der Waals surface area (Å²) < 4.78 is 0. The smallest absolute Gasteiger partial charge is 0.139 e. The molecule has 0 unspecified atom stereocenters. The summed E-state index contributed by atoms with van der Waals surface area (Å²) in [5.74, 6) is 0.969. The molecule has 2 heteroatoms. The van der Waals surface area contributed by atoms with Crippen LogP contribution in [-0.4, -0.2) is 9.97 Å². The first kappa shape index (κ1) is 17.7. The molecule has 1 aromatic heterocycles. The molecule has 0 radical (unpaired) electrons. The van der Waals surface area contributed by atoms with Crippen molar-refractivity contribution in [3.63, 3.8) is 0 Å². The first-order valence-corrected chi connectivity index (χ1v) is 9.09. The third-order valence-corrected chi connectivity index (χ3v) is 4.98. The molecule has 0 aliphatic carbocycles. The molecule has 3 rings (SSSR count). The van der Waals surface area contributed by atoms with Crippen LogP contribution in [-0.2, 0) is 10.8 Å². The monoisotopic (exact) mass is 334 g/mol. The van der Waals surface area contributed by atoms with Crippen molar-refractivity contribution in [1.82, 2.24) is 9.97 Å². The summed E-state index contributed by atoms with van der Waals surface area (Å²) in [6.45, 7) is 17.9. The molecule has 1 heterocycles. The van der Waals surface area contributed by atoms with Crippen molar-refractivity contribution in [3.05, 3.63) is 52.6 Å². The predicted molar refractivity (Wildman–Crippen MR) is 108 cm³/mol. The largest absolute Gasteiger partial charge is 0.338 e. The Morgan fingerprint density at radius 1 is 0.760 bits per heavy atom. The molecule has 0 saturated carbocycles. The number of benzene rings is 2. The second-order valence-electron chi connectivity index (χ2n) is 9.30. The number of nitrogens with one attached hydrogen (secondary N) is 1. The summed E-state index contributed by atoms with van der Waals surface area (Å²) in [4.78, 5) is 8.43. The number of imidazole rings is 1. The number of nitrogens with zero attached hydrogens (tertiary/aromatic N) is 1. The zero-order chi connectivity index (χ0) is 18.6. The molecule has 0 amide bonds. The zero-order valence-electron chi connectivity index (χ0n) is 16.8. The molecule has 2 nitrogen and oxygen atoms in total. The second-order valence-corrected chi connectivity index (χ2v) is 9.30. The van der Waals surface area contributed by atoms with Crippen LogP contribution in [0.4, 0.5) is 0 Å². The van der Waals surface area contributed by atoms with Crippen LogP contribution in [0.25, 0.3) is 22.4 Å². The van der Waals surface area contributed by atoms with Crippen molar-refractivity contribution < 1.29 is 0 Å². The van der Waals surface area contributed by atoms with Crippen LogP contribution in [0.5, 0.6) is 0 Å². The van der Waals surface area contributed by atoms with Gasteiger partial charge in [0.25, 0.3) is 0 Å². The maximum absolute atomic E-state index is 4.92. The van der Waals surface area contributed by atoms with Gasteiger partial charge in [0, 0.05) is 5.56 Å². The van der Waals surface area contributed by atoms with Gasteiger partial charge >= 0.3 is 0 Å². The summed E-state index contributed by atoms with van der Waals surface area (Å²) >= 11 is 0. The van der Waals surface area contributed by atoms with E-state index in [2.05, 4.69) is 90.7 Å². The van der Waals surface area contributed by atoms with Crippen LogP contribution in [0.15, 0.2) is 30.3 Å². The van der Waals surface area contributed by atoms with Crippen molar-refractivity contribution in [2.75, 3.05) is 0 Å². The van der Waals surface area contributed by atoms with E-state index in [1.807, 2.05) is 0 Å². The molecule has 3 aromatic rings. The molecule has 0 fully saturated rings. The standard InChI is InChI=1S/C23H30N2/c1-14-11-17(23(6,7)8)12-15(2)20(14)21-24-18-10-9-16(22(3,4)5)13-19(18)25-21/h9-13H,1-8H3,(H,24,25). The summed E-state index contributed by atoms with van der Waals surface area (Å²) in [6.07, 6.45) is 0. The summed E-state index contributed by atoms with van der Waals surface area (Å²) in [6, 6.07) is 11.2. The van der Waals surface area contributed by atoms with Crippen LogP contribution in [0.3, 0.4) is 0 Å². The normalized spacial score (nSPS) is 12.8. The van der Waals surface area contributed by atoms with Gasteiger partial charge in [0.05, 0.1) is 11.0 Å². The minimum atomic E-state index is 0.132. The highest BCUT2D eigenvalue weighted by Gasteiger charge is 2.19. The highest BCUT2D eigenvalue weighted by atomic mass is 14.9. The number of rotatable bonds is 1. The topological polar surface area (TPSA) is 28.7 Å². The average molecular weight is 335 g/mol.